The molecule has 0 spiro atoms. The van der Waals surface area contributed by atoms with E-state index < -0.39 is 18.3 Å². The van der Waals surface area contributed by atoms with Gasteiger partial charge in [0.1, 0.15) is 0 Å². The van der Waals surface area contributed by atoms with Crippen molar-refractivity contribution in [3.63, 3.8) is 0 Å². The maximum atomic E-state index is 14.4. The summed E-state index contributed by atoms with van der Waals surface area (Å²) < 4.78 is 39.9. The molecule has 0 aliphatic carbocycles. The van der Waals surface area contributed by atoms with Gasteiger partial charge in [-0.25, -0.2) is 8.78 Å². The molecule has 134 valence electrons. The minimum absolute atomic E-state index is 0.109. The number of thiophene rings is 1. The molecule has 0 unspecified atom stereocenters. The Morgan fingerprint density at radius 2 is 1.96 bits per heavy atom. The molecule has 5 nitrogen and oxygen atoms in total. The van der Waals surface area contributed by atoms with Crippen molar-refractivity contribution in [2.75, 3.05) is 20.8 Å². The average molecular weight is 368 g/mol. The molecule has 0 fully saturated rings. The van der Waals surface area contributed by atoms with Gasteiger partial charge in [-0.05, 0) is 17.5 Å². The third-order valence-corrected chi connectivity index (χ3v) is 4.82. The Hall–Kier alpha value is -2.40. The summed E-state index contributed by atoms with van der Waals surface area (Å²) in [4.78, 5) is 11.4. The highest BCUT2D eigenvalue weighted by Gasteiger charge is 2.34. The van der Waals surface area contributed by atoms with Gasteiger partial charge < -0.3 is 14.8 Å². The predicted molar refractivity (Wildman–Crippen MR) is 91.3 cm³/mol. The predicted octanol–water partition coefficient (Wildman–Crippen LogP) is 3.82. The fraction of sp³-hybridized carbons (Fsp3) is 0.412. The SMILES string of the molecule is COc1cc2cc(C(F)(F)CCC(=O)NCCC#N)sc2cc1OC. The van der Waals surface area contributed by atoms with Crippen LogP contribution < -0.4 is 14.8 Å². The highest BCUT2D eigenvalue weighted by atomic mass is 32.1. The highest BCUT2D eigenvalue weighted by molar-refractivity contribution is 7.19. The smallest absolute Gasteiger partial charge is 0.282 e. The van der Waals surface area contributed by atoms with E-state index in [4.69, 9.17) is 14.7 Å². The number of nitrogens with one attached hydrogen (secondary N) is 1. The molecule has 25 heavy (non-hydrogen) atoms. The second-order valence-electron chi connectivity index (χ2n) is 5.32. The Balaban J connectivity index is 2.13. The van der Waals surface area contributed by atoms with Crippen LogP contribution in [0.1, 0.15) is 24.1 Å². The van der Waals surface area contributed by atoms with E-state index in [9.17, 15) is 13.6 Å². The van der Waals surface area contributed by atoms with E-state index in [2.05, 4.69) is 5.32 Å². The first-order valence-electron chi connectivity index (χ1n) is 7.58. The molecule has 0 atom stereocenters. The summed E-state index contributed by atoms with van der Waals surface area (Å²) in [6.07, 6.45) is -0.742. The summed E-state index contributed by atoms with van der Waals surface area (Å²) in [5, 5.41) is 11.5. The lowest BCUT2D eigenvalue weighted by molar-refractivity contribution is -0.123. The van der Waals surface area contributed by atoms with Gasteiger partial charge in [0.15, 0.2) is 11.5 Å². The normalized spacial score (nSPS) is 11.2. The number of hydrogen-bond donors (Lipinski definition) is 1. The number of halogens is 2. The van der Waals surface area contributed by atoms with Crippen LogP contribution in [-0.2, 0) is 10.7 Å². The van der Waals surface area contributed by atoms with Crippen LogP contribution in [0, 0.1) is 11.3 Å². The molecule has 0 aliphatic heterocycles. The molecular weight excluding hydrogens is 350 g/mol. The monoisotopic (exact) mass is 368 g/mol. The first-order valence-corrected chi connectivity index (χ1v) is 8.40. The van der Waals surface area contributed by atoms with E-state index in [0.717, 1.165) is 11.3 Å². The largest absolute Gasteiger partial charge is 0.493 e. The van der Waals surface area contributed by atoms with Crippen molar-refractivity contribution in [1.82, 2.24) is 5.32 Å². The van der Waals surface area contributed by atoms with Crippen LogP contribution in [0.5, 0.6) is 11.5 Å². The lowest BCUT2D eigenvalue weighted by atomic mass is 10.1. The number of carbonyl (C=O) groups excluding carboxylic acids is 1. The van der Waals surface area contributed by atoms with Crippen LogP contribution in [0.15, 0.2) is 18.2 Å². The van der Waals surface area contributed by atoms with Crippen LogP contribution in [0.3, 0.4) is 0 Å². The lowest BCUT2D eigenvalue weighted by Crippen LogP contribution is -2.26. The fourth-order valence-electron chi connectivity index (χ4n) is 2.29. The van der Waals surface area contributed by atoms with Crippen molar-refractivity contribution in [2.45, 2.75) is 25.2 Å². The molecule has 1 heterocycles. The van der Waals surface area contributed by atoms with Crippen molar-refractivity contribution in [3.05, 3.63) is 23.1 Å². The number of fused-ring (bicyclic) bond motifs is 1. The molecule has 0 bridgehead atoms. The molecule has 1 aromatic heterocycles. The lowest BCUT2D eigenvalue weighted by Gasteiger charge is -2.14. The van der Waals surface area contributed by atoms with Crippen molar-refractivity contribution in [1.29, 1.82) is 5.26 Å². The molecule has 0 aliphatic rings. The first-order chi connectivity index (χ1) is 11.9. The van der Waals surface area contributed by atoms with Gasteiger partial charge >= 0.3 is 0 Å². The fourth-order valence-corrected chi connectivity index (χ4v) is 3.36. The number of benzene rings is 1. The number of rotatable bonds is 8. The second-order valence-corrected chi connectivity index (χ2v) is 6.40. The van der Waals surface area contributed by atoms with Gasteiger partial charge in [-0.3, -0.25) is 4.79 Å². The average Bonchev–Trinajstić information content (AvgIpc) is 3.02. The molecule has 1 amide bonds. The van der Waals surface area contributed by atoms with Crippen LogP contribution in [0.2, 0.25) is 0 Å². The van der Waals surface area contributed by atoms with E-state index in [1.807, 2.05) is 6.07 Å². The standard InChI is InChI=1S/C17H18F2N2O3S/c1-23-12-8-11-9-15(25-14(11)10-13(12)24-2)17(18,19)5-4-16(22)21-7-3-6-20/h8-10H,3-5,7H2,1-2H3,(H,21,22). The Morgan fingerprint density at radius 1 is 1.28 bits per heavy atom. The molecule has 0 saturated heterocycles. The summed E-state index contributed by atoms with van der Waals surface area (Å²) in [6.45, 7) is 0.170. The third-order valence-electron chi connectivity index (χ3n) is 3.61. The van der Waals surface area contributed by atoms with Crippen LogP contribution in [0.25, 0.3) is 10.1 Å². The summed E-state index contributed by atoms with van der Waals surface area (Å²) in [7, 11) is 2.97. The molecule has 1 aromatic carbocycles. The summed E-state index contributed by atoms with van der Waals surface area (Å²) in [5.74, 6) is -2.65. The van der Waals surface area contributed by atoms with Gasteiger partial charge in [0, 0.05) is 30.2 Å². The molecular formula is C17H18F2N2O3S. The number of carbonyl (C=O) groups is 1. The number of amides is 1. The Kier molecular flexibility index (Phi) is 6.15. The Bertz CT molecular complexity index is 758. The number of nitriles is 1. The Morgan fingerprint density at radius 3 is 2.60 bits per heavy atom. The number of methoxy groups -OCH3 is 2. The molecule has 2 aromatic rings. The van der Waals surface area contributed by atoms with Crippen molar-refractivity contribution >= 4 is 27.3 Å². The summed E-state index contributed by atoms with van der Waals surface area (Å²) in [5.41, 5.74) is 0. The van der Waals surface area contributed by atoms with Crippen molar-refractivity contribution in [3.8, 4) is 17.6 Å². The quantitative estimate of drug-likeness (QED) is 0.719. The van der Waals surface area contributed by atoms with Gasteiger partial charge in [-0.15, -0.1) is 11.3 Å². The zero-order chi connectivity index (χ0) is 18.4. The van der Waals surface area contributed by atoms with Crippen LogP contribution in [-0.4, -0.2) is 26.7 Å². The number of hydrogen-bond acceptors (Lipinski definition) is 5. The third kappa shape index (κ3) is 4.57. The molecule has 8 heteroatoms. The van der Waals surface area contributed by atoms with Crippen molar-refractivity contribution in [2.24, 2.45) is 0 Å². The first kappa shape index (κ1) is 18.9. The van der Waals surface area contributed by atoms with Gasteiger partial charge in [-0.1, -0.05) is 0 Å². The maximum absolute atomic E-state index is 14.4. The van der Waals surface area contributed by atoms with Gasteiger partial charge in [0.2, 0.25) is 5.91 Å². The van der Waals surface area contributed by atoms with Crippen molar-refractivity contribution < 1.29 is 23.0 Å². The second kappa shape index (κ2) is 8.12. The molecule has 0 saturated carbocycles. The molecule has 2 rings (SSSR count). The van der Waals surface area contributed by atoms with E-state index in [1.54, 1.807) is 12.1 Å². The molecule has 0 radical (unpaired) electrons. The minimum atomic E-state index is -3.11. The zero-order valence-corrected chi connectivity index (χ0v) is 14.7. The zero-order valence-electron chi connectivity index (χ0n) is 13.9. The number of nitrogens with zero attached hydrogens (tertiary/aromatic N) is 1. The number of ether oxygens (including phenoxy) is 2. The van der Waals surface area contributed by atoms with E-state index in [1.165, 1.54) is 20.3 Å². The molecule has 1 N–H and O–H groups in total. The van der Waals surface area contributed by atoms with E-state index in [-0.39, 0.29) is 24.3 Å². The van der Waals surface area contributed by atoms with Gasteiger partial charge in [0.05, 0.1) is 31.6 Å². The minimum Gasteiger partial charge on any atom is -0.493 e. The highest BCUT2D eigenvalue weighted by Crippen LogP contribution is 2.43. The summed E-state index contributed by atoms with van der Waals surface area (Å²) >= 11 is 0.966. The van der Waals surface area contributed by atoms with Crippen LogP contribution in [0.4, 0.5) is 8.78 Å². The van der Waals surface area contributed by atoms with Gasteiger partial charge in [-0.2, -0.15) is 5.26 Å². The topological polar surface area (TPSA) is 71.3 Å². The summed E-state index contributed by atoms with van der Waals surface area (Å²) in [6, 6.07) is 6.60. The van der Waals surface area contributed by atoms with Crippen LogP contribution >= 0.6 is 11.3 Å². The van der Waals surface area contributed by atoms with E-state index in [0.29, 0.717) is 21.6 Å². The maximum Gasteiger partial charge on any atom is 0.282 e. The Labute approximate surface area is 148 Å². The number of alkyl halides is 2. The van der Waals surface area contributed by atoms with E-state index >= 15 is 0 Å². The van der Waals surface area contributed by atoms with Gasteiger partial charge in [0.25, 0.3) is 5.92 Å².